The van der Waals surface area contributed by atoms with E-state index in [-0.39, 0.29) is 23.6 Å². The summed E-state index contributed by atoms with van der Waals surface area (Å²) < 4.78 is 24.4. The fourth-order valence-electron chi connectivity index (χ4n) is 1.77. The molecule has 0 aliphatic rings. The van der Waals surface area contributed by atoms with E-state index in [0.717, 1.165) is 12.0 Å². The Balaban J connectivity index is 2.64. The standard InChI is InChI=1S/C15H24FNO2/c1-11(17)14(12-6-5-7-13(16)10-12)19-9-8-15(2,3)18-4/h5-7,10-11,14H,8-9,17H2,1-4H3. The average Bonchev–Trinajstić information content (AvgIpc) is 2.34. The van der Waals surface area contributed by atoms with Gasteiger partial charge in [0.05, 0.1) is 18.3 Å². The molecule has 0 radical (unpaired) electrons. The number of hydrogen-bond acceptors (Lipinski definition) is 3. The smallest absolute Gasteiger partial charge is 0.123 e. The molecule has 0 aromatic heterocycles. The number of nitrogens with two attached hydrogens (primary N) is 1. The van der Waals surface area contributed by atoms with Crippen LogP contribution in [0.25, 0.3) is 0 Å². The van der Waals surface area contributed by atoms with Gasteiger partial charge in [0.1, 0.15) is 5.82 Å². The van der Waals surface area contributed by atoms with Crippen LogP contribution in [0.5, 0.6) is 0 Å². The van der Waals surface area contributed by atoms with Crippen LogP contribution in [0.15, 0.2) is 24.3 Å². The van der Waals surface area contributed by atoms with E-state index in [1.165, 1.54) is 12.1 Å². The molecular formula is C15H24FNO2. The highest BCUT2D eigenvalue weighted by Gasteiger charge is 2.20. The Morgan fingerprint density at radius 1 is 1.37 bits per heavy atom. The predicted molar refractivity (Wildman–Crippen MR) is 74.4 cm³/mol. The van der Waals surface area contributed by atoms with E-state index < -0.39 is 0 Å². The fraction of sp³-hybridized carbons (Fsp3) is 0.600. The van der Waals surface area contributed by atoms with Gasteiger partial charge in [0.25, 0.3) is 0 Å². The van der Waals surface area contributed by atoms with Crippen LogP contribution < -0.4 is 5.73 Å². The van der Waals surface area contributed by atoms with E-state index >= 15 is 0 Å². The number of ether oxygens (including phenoxy) is 2. The minimum absolute atomic E-state index is 0.201. The van der Waals surface area contributed by atoms with Crippen molar-refractivity contribution in [2.45, 2.75) is 44.9 Å². The fourth-order valence-corrected chi connectivity index (χ4v) is 1.77. The Hall–Kier alpha value is -0.970. The normalized spacial score (nSPS) is 15.3. The van der Waals surface area contributed by atoms with Crippen LogP contribution in [-0.2, 0) is 9.47 Å². The van der Waals surface area contributed by atoms with Gasteiger partial charge in [-0.1, -0.05) is 12.1 Å². The van der Waals surface area contributed by atoms with E-state index in [0.29, 0.717) is 6.61 Å². The summed E-state index contributed by atoms with van der Waals surface area (Å²) in [4.78, 5) is 0. The van der Waals surface area contributed by atoms with Crippen LogP contribution >= 0.6 is 0 Å². The van der Waals surface area contributed by atoms with Gasteiger partial charge in [0.15, 0.2) is 0 Å². The van der Waals surface area contributed by atoms with Crippen LogP contribution in [0.3, 0.4) is 0 Å². The molecule has 2 N–H and O–H groups in total. The van der Waals surface area contributed by atoms with Gasteiger partial charge in [-0.05, 0) is 44.9 Å². The van der Waals surface area contributed by atoms with E-state index in [9.17, 15) is 4.39 Å². The van der Waals surface area contributed by atoms with Crippen molar-refractivity contribution in [3.8, 4) is 0 Å². The quantitative estimate of drug-likeness (QED) is 0.827. The van der Waals surface area contributed by atoms with Crippen molar-refractivity contribution >= 4 is 0 Å². The van der Waals surface area contributed by atoms with Crippen molar-refractivity contribution in [1.82, 2.24) is 0 Å². The van der Waals surface area contributed by atoms with Crippen molar-refractivity contribution in [1.29, 1.82) is 0 Å². The van der Waals surface area contributed by atoms with Gasteiger partial charge in [-0.25, -0.2) is 4.39 Å². The summed E-state index contributed by atoms with van der Waals surface area (Å²) in [5.74, 6) is -0.274. The summed E-state index contributed by atoms with van der Waals surface area (Å²) >= 11 is 0. The van der Waals surface area contributed by atoms with E-state index in [2.05, 4.69) is 0 Å². The zero-order chi connectivity index (χ0) is 14.5. The second kappa shape index (κ2) is 6.98. The maximum absolute atomic E-state index is 13.2. The first-order chi connectivity index (χ1) is 8.85. The van der Waals surface area contributed by atoms with Gasteiger partial charge in [0, 0.05) is 13.2 Å². The van der Waals surface area contributed by atoms with Crippen LogP contribution in [-0.4, -0.2) is 25.4 Å². The lowest BCUT2D eigenvalue weighted by atomic mass is 10.0. The highest BCUT2D eigenvalue weighted by molar-refractivity contribution is 5.20. The van der Waals surface area contributed by atoms with Crippen LogP contribution in [0, 0.1) is 5.82 Å². The molecule has 0 amide bonds. The Kier molecular flexibility index (Phi) is 5.91. The number of hydrogen-bond donors (Lipinski definition) is 1. The molecule has 1 aromatic rings. The van der Waals surface area contributed by atoms with Crippen molar-refractivity contribution in [3.05, 3.63) is 35.6 Å². The summed E-state index contributed by atoms with van der Waals surface area (Å²) in [6.07, 6.45) is 0.450. The number of benzene rings is 1. The van der Waals surface area contributed by atoms with Gasteiger partial charge in [-0.2, -0.15) is 0 Å². The van der Waals surface area contributed by atoms with Crippen LogP contribution in [0.4, 0.5) is 4.39 Å². The molecule has 19 heavy (non-hydrogen) atoms. The lowest BCUT2D eigenvalue weighted by Crippen LogP contribution is -2.30. The summed E-state index contributed by atoms with van der Waals surface area (Å²) in [5, 5.41) is 0. The molecule has 0 aliphatic heterocycles. The molecule has 2 atom stereocenters. The summed E-state index contributed by atoms with van der Waals surface area (Å²) in [6, 6.07) is 6.18. The number of methoxy groups -OCH3 is 1. The predicted octanol–water partition coefficient (Wildman–Crippen LogP) is 3.05. The van der Waals surface area contributed by atoms with Gasteiger partial charge < -0.3 is 15.2 Å². The molecule has 0 aliphatic carbocycles. The molecule has 4 heteroatoms. The molecule has 0 spiro atoms. The summed E-state index contributed by atoms with van der Waals surface area (Å²) in [5.41, 5.74) is 6.46. The topological polar surface area (TPSA) is 44.5 Å². The Labute approximate surface area is 114 Å². The molecule has 1 aromatic carbocycles. The minimum atomic E-state index is -0.302. The third kappa shape index (κ3) is 5.27. The number of halogens is 1. The molecule has 0 bridgehead atoms. The number of rotatable bonds is 7. The minimum Gasteiger partial charge on any atom is -0.379 e. The molecule has 0 heterocycles. The van der Waals surface area contributed by atoms with Crippen molar-refractivity contribution in [3.63, 3.8) is 0 Å². The lowest BCUT2D eigenvalue weighted by molar-refractivity contribution is -0.0318. The molecule has 0 fully saturated rings. The van der Waals surface area contributed by atoms with Crippen molar-refractivity contribution in [2.24, 2.45) is 5.73 Å². The first kappa shape index (κ1) is 16.1. The molecule has 0 saturated carbocycles. The van der Waals surface area contributed by atoms with Gasteiger partial charge in [0.2, 0.25) is 0 Å². The summed E-state index contributed by atoms with van der Waals surface area (Å²) in [7, 11) is 1.68. The third-order valence-corrected chi connectivity index (χ3v) is 3.21. The molecule has 1 rings (SSSR count). The van der Waals surface area contributed by atoms with Gasteiger partial charge in [-0.3, -0.25) is 0 Å². The largest absolute Gasteiger partial charge is 0.379 e. The Bertz CT molecular complexity index is 393. The van der Waals surface area contributed by atoms with Crippen molar-refractivity contribution < 1.29 is 13.9 Å². The van der Waals surface area contributed by atoms with Crippen LogP contribution in [0.1, 0.15) is 38.9 Å². The first-order valence-corrected chi connectivity index (χ1v) is 6.53. The molecule has 2 unspecified atom stereocenters. The first-order valence-electron chi connectivity index (χ1n) is 6.53. The maximum Gasteiger partial charge on any atom is 0.123 e. The average molecular weight is 269 g/mol. The molecule has 3 nitrogen and oxygen atoms in total. The monoisotopic (exact) mass is 269 g/mol. The maximum atomic E-state index is 13.2. The SMILES string of the molecule is COC(C)(C)CCOC(c1cccc(F)c1)C(C)N. The Morgan fingerprint density at radius 3 is 2.58 bits per heavy atom. The second-order valence-corrected chi connectivity index (χ2v) is 5.42. The highest BCUT2D eigenvalue weighted by atomic mass is 19.1. The Morgan fingerprint density at radius 2 is 2.05 bits per heavy atom. The zero-order valence-corrected chi connectivity index (χ0v) is 12.2. The zero-order valence-electron chi connectivity index (χ0n) is 12.2. The second-order valence-electron chi connectivity index (χ2n) is 5.42. The van der Waals surface area contributed by atoms with Gasteiger partial charge >= 0.3 is 0 Å². The van der Waals surface area contributed by atoms with Crippen molar-refractivity contribution in [2.75, 3.05) is 13.7 Å². The third-order valence-electron chi connectivity index (χ3n) is 3.21. The molecule has 0 saturated heterocycles. The van der Waals surface area contributed by atoms with E-state index in [4.69, 9.17) is 15.2 Å². The van der Waals surface area contributed by atoms with Gasteiger partial charge in [-0.15, -0.1) is 0 Å². The van der Waals surface area contributed by atoms with E-state index in [1.807, 2.05) is 26.8 Å². The molecule has 108 valence electrons. The van der Waals surface area contributed by atoms with Crippen LogP contribution in [0.2, 0.25) is 0 Å². The highest BCUT2D eigenvalue weighted by Crippen LogP contribution is 2.23. The molecular weight excluding hydrogens is 245 g/mol. The summed E-state index contributed by atoms with van der Waals surface area (Å²) in [6.45, 7) is 6.37. The lowest BCUT2D eigenvalue weighted by Gasteiger charge is -2.26. The van der Waals surface area contributed by atoms with E-state index in [1.54, 1.807) is 13.2 Å².